The zero-order valence-corrected chi connectivity index (χ0v) is 18.6. The van der Waals surface area contributed by atoms with Crippen molar-refractivity contribution in [1.82, 2.24) is 29.5 Å². The van der Waals surface area contributed by atoms with Crippen molar-refractivity contribution in [3.05, 3.63) is 54.1 Å². The lowest BCUT2D eigenvalue weighted by Crippen LogP contribution is -2.30. The van der Waals surface area contributed by atoms with Crippen molar-refractivity contribution < 1.29 is 12.8 Å². The van der Waals surface area contributed by atoms with E-state index in [1.165, 1.54) is 22.1 Å². The number of fused-ring (bicyclic) bond motifs is 1. The van der Waals surface area contributed by atoms with Gasteiger partial charge in [0, 0.05) is 13.1 Å². The van der Waals surface area contributed by atoms with E-state index < -0.39 is 10.0 Å². The fraction of sp³-hybridized carbons (Fsp3) is 0.250. The molecule has 2 N–H and O–H groups in total. The Bertz CT molecular complexity index is 1310. The number of nitrogens with one attached hydrogen (secondary N) is 2. The molecule has 0 radical (unpaired) electrons. The van der Waals surface area contributed by atoms with Crippen LogP contribution in [0.25, 0.3) is 22.4 Å². The Morgan fingerprint density at radius 1 is 1.10 bits per heavy atom. The summed E-state index contributed by atoms with van der Waals surface area (Å²) in [6.45, 7) is 4.44. The lowest BCUT2D eigenvalue weighted by molar-refractivity contribution is 0.445. The predicted octanol–water partition coefficient (Wildman–Crippen LogP) is 3.81. The standard InChI is InChI=1S/C20H21FN6O2S2/c1-3-27(4-2)31(28,29)13-9-10-16-17(11-13)23-18(22-16)12-30-20-24-19(25-26-20)14-7-5-6-8-15(14)21/h5-11H,3-4,12H2,1-2H3,(H,22,23)(H,24,25,26). The minimum atomic E-state index is -3.54. The van der Waals surface area contributed by atoms with E-state index in [-0.39, 0.29) is 10.7 Å². The molecule has 0 unspecified atom stereocenters. The third-order valence-corrected chi connectivity index (χ3v) is 7.68. The molecule has 0 aliphatic rings. The smallest absolute Gasteiger partial charge is 0.243 e. The van der Waals surface area contributed by atoms with Gasteiger partial charge in [0.25, 0.3) is 0 Å². The number of halogens is 1. The highest BCUT2D eigenvalue weighted by molar-refractivity contribution is 7.98. The third-order valence-electron chi connectivity index (χ3n) is 4.78. The van der Waals surface area contributed by atoms with Gasteiger partial charge in [-0.25, -0.2) is 22.8 Å². The molecule has 2 aromatic heterocycles. The second kappa shape index (κ2) is 8.77. The molecule has 0 aliphatic heterocycles. The second-order valence-electron chi connectivity index (χ2n) is 6.69. The first kappa shape index (κ1) is 21.5. The number of sulfonamides is 1. The molecule has 8 nitrogen and oxygen atoms in total. The summed E-state index contributed by atoms with van der Waals surface area (Å²) in [5.41, 5.74) is 1.68. The summed E-state index contributed by atoms with van der Waals surface area (Å²) >= 11 is 1.34. The molecule has 2 heterocycles. The molecule has 2 aromatic carbocycles. The third kappa shape index (κ3) is 4.34. The molecule has 31 heavy (non-hydrogen) atoms. The molecule has 4 aromatic rings. The molecule has 4 rings (SSSR count). The van der Waals surface area contributed by atoms with Crippen LogP contribution in [-0.4, -0.2) is 51.0 Å². The van der Waals surface area contributed by atoms with Gasteiger partial charge in [-0.05, 0) is 30.3 Å². The normalized spacial score (nSPS) is 12.1. The van der Waals surface area contributed by atoms with Crippen LogP contribution < -0.4 is 0 Å². The summed E-state index contributed by atoms with van der Waals surface area (Å²) in [5.74, 6) is 1.09. The van der Waals surface area contributed by atoms with Crippen LogP contribution in [0.2, 0.25) is 0 Å². The molecule has 0 spiro atoms. The Labute approximate surface area is 183 Å². The van der Waals surface area contributed by atoms with Gasteiger partial charge in [-0.3, -0.25) is 5.10 Å². The maximum Gasteiger partial charge on any atom is 0.243 e. The van der Waals surface area contributed by atoms with Crippen molar-refractivity contribution in [1.29, 1.82) is 0 Å². The van der Waals surface area contributed by atoms with E-state index >= 15 is 0 Å². The van der Waals surface area contributed by atoms with Crippen molar-refractivity contribution in [3.63, 3.8) is 0 Å². The van der Waals surface area contributed by atoms with Gasteiger partial charge in [-0.2, -0.15) is 4.31 Å². The van der Waals surface area contributed by atoms with Crippen LogP contribution in [0.3, 0.4) is 0 Å². The van der Waals surface area contributed by atoms with Crippen molar-refractivity contribution in [2.24, 2.45) is 0 Å². The monoisotopic (exact) mass is 460 g/mol. The average molecular weight is 461 g/mol. The summed E-state index contributed by atoms with van der Waals surface area (Å²) in [5, 5.41) is 7.33. The fourth-order valence-corrected chi connectivity index (χ4v) is 5.35. The highest BCUT2D eigenvalue weighted by atomic mass is 32.2. The van der Waals surface area contributed by atoms with Gasteiger partial charge in [0.15, 0.2) is 5.82 Å². The highest BCUT2D eigenvalue weighted by Crippen LogP contribution is 2.25. The van der Waals surface area contributed by atoms with Crippen LogP contribution in [0, 0.1) is 5.82 Å². The summed E-state index contributed by atoms with van der Waals surface area (Å²) in [7, 11) is -3.54. The van der Waals surface area contributed by atoms with Crippen molar-refractivity contribution >= 4 is 32.8 Å². The Morgan fingerprint density at radius 2 is 1.87 bits per heavy atom. The molecule has 0 bridgehead atoms. The second-order valence-corrected chi connectivity index (χ2v) is 9.57. The van der Waals surface area contributed by atoms with E-state index in [1.807, 2.05) is 13.8 Å². The highest BCUT2D eigenvalue weighted by Gasteiger charge is 2.22. The number of hydrogen-bond acceptors (Lipinski definition) is 6. The molecule has 11 heteroatoms. The van der Waals surface area contributed by atoms with Crippen LogP contribution in [0.5, 0.6) is 0 Å². The minimum absolute atomic E-state index is 0.232. The first-order valence-electron chi connectivity index (χ1n) is 9.71. The van der Waals surface area contributed by atoms with Crippen LogP contribution >= 0.6 is 11.8 Å². The zero-order chi connectivity index (χ0) is 22.0. The van der Waals surface area contributed by atoms with Crippen LogP contribution in [0.4, 0.5) is 4.39 Å². The Balaban J connectivity index is 1.51. The van der Waals surface area contributed by atoms with E-state index in [1.54, 1.807) is 36.4 Å². The first-order valence-corrected chi connectivity index (χ1v) is 12.1. The Hall–Kier alpha value is -2.76. The topological polar surface area (TPSA) is 108 Å². The lowest BCUT2D eigenvalue weighted by Gasteiger charge is -2.18. The fourth-order valence-electron chi connectivity index (χ4n) is 3.20. The zero-order valence-electron chi connectivity index (χ0n) is 17.0. The van der Waals surface area contributed by atoms with E-state index in [0.717, 1.165) is 0 Å². The Morgan fingerprint density at radius 3 is 2.61 bits per heavy atom. The number of imidazole rings is 1. The van der Waals surface area contributed by atoms with Gasteiger partial charge in [-0.1, -0.05) is 37.7 Å². The van der Waals surface area contributed by atoms with Crippen LogP contribution in [0.1, 0.15) is 19.7 Å². The van der Waals surface area contributed by atoms with Gasteiger partial charge in [0.1, 0.15) is 11.6 Å². The van der Waals surface area contributed by atoms with Crippen molar-refractivity contribution in [2.45, 2.75) is 29.7 Å². The molecular weight excluding hydrogens is 439 g/mol. The number of aromatic nitrogens is 5. The number of nitrogens with zero attached hydrogens (tertiary/aromatic N) is 4. The number of thioether (sulfide) groups is 1. The largest absolute Gasteiger partial charge is 0.341 e. The van der Waals surface area contributed by atoms with Crippen molar-refractivity contribution in [2.75, 3.05) is 13.1 Å². The maximum atomic E-state index is 13.9. The van der Waals surface area contributed by atoms with Gasteiger partial charge in [0.2, 0.25) is 15.2 Å². The summed E-state index contributed by atoms with van der Waals surface area (Å²) in [6.07, 6.45) is 0. The Kier molecular flexibility index (Phi) is 6.08. The van der Waals surface area contributed by atoms with Gasteiger partial charge >= 0.3 is 0 Å². The first-order chi connectivity index (χ1) is 14.9. The van der Waals surface area contributed by atoms with Crippen LogP contribution in [0.15, 0.2) is 52.5 Å². The van der Waals surface area contributed by atoms with E-state index in [4.69, 9.17) is 0 Å². The van der Waals surface area contributed by atoms with Crippen LogP contribution in [-0.2, 0) is 15.8 Å². The molecule has 0 saturated carbocycles. The maximum absolute atomic E-state index is 13.9. The molecule has 0 amide bonds. The number of aromatic amines is 2. The minimum Gasteiger partial charge on any atom is -0.341 e. The predicted molar refractivity (Wildman–Crippen MR) is 118 cm³/mol. The number of benzene rings is 2. The number of H-pyrrole nitrogens is 2. The molecule has 0 atom stereocenters. The van der Waals surface area contributed by atoms with E-state index in [2.05, 4.69) is 25.1 Å². The quantitative estimate of drug-likeness (QED) is 0.387. The summed E-state index contributed by atoms with van der Waals surface area (Å²) in [4.78, 5) is 12.2. The molecule has 162 valence electrons. The van der Waals surface area contributed by atoms with E-state index in [0.29, 0.717) is 52.2 Å². The number of rotatable bonds is 8. The van der Waals surface area contributed by atoms with Crippen molar-refractivity contribution in [3.8, 4) is 11.4 Å². The summed E-state index contributed by atoms with van der Waals surface area (Å²) < 4.78 is 40.8. The number of hydrogen-bond donors (Lipinski definition) is 2. The molecule has 0 aliphatic carbocycles. The SMILES string of the molecule is CCN(CC)S(=O)(=O)c1ccc2nc(CSc3n[nH]c(-c4ccccc4F)n3)[nH]c2c1. The lowest BCUT2D eigenvalue weighted by atomic mass is 10.2. The van der Waals surface area contributed by atoms with Gasteiger partial charge < -0.3 is 4.98 Å². The molecule has 0 saturated heterocycles. The average Bonchev–Trinajstić information content (AvgIpc) is 3.39. The molecular formula is C20H21FN6O2S2. The van der Waals surface area contributed by atoms with Gasteiger partial charge in [-0.15, -0.1) is 5.10 Å². The molecule has 0 fully saturated rings. The van der Waals surface area contributed by atoms with E-state index in [9.17, 15) is 12.8 Å². The van der Waals surface area contributed by atoms with Gasteiger partial charge in [0.05, 0.1) is 27.2 Å². The summed E-state index contributed by atoms with van der Waals surface area (Å²) in [6, 6.07) is 11.2.